The summed E-state index contributed by atoms with van der Waals surface area (Å²) in [5.41, 5.74) is 9.82. The highest BCUT2D eigenvalue weighted by Gasteiger charge is 2.11. The normalized spacial score (nSPS) is 10.7. The summed E-state index contributed by atoms with van der Waals surface area (Å²) in [6, 6.07) is 10.5. The first kappa shape index (κ1) is 19.0. The largest absolute Gasteiger partial charge is 0.493 e. The lowest BCUT2D eigenvalue weighted by molar-refractivity contribution is 0.0956. The van der Waals surface area contributed by atoms with Crippen LogP contribution in [0, 0.1) is 3.57 Å². The summed E-state index contributed by atoms with van der Waals surface area (Å²) in [6.07, 6.45) is 2.46. The van der Waals surface area contributed by atoms with Gasteiger partial charge in [-0.05, 0) is 58.8 Å². The number of anilines is 1. The number of nitrogens with two attached hydrogens (primary N) is 1. The first-order valence-electron chi connectivity index (χ1n) is 7.75. The average molecular weight is 453 g/mol. The molecule has 3 N–H and O–H groups in total. The van der Waals surface area contributed by atoms with Gasteiger partial charge in [0.15, 0.2) is 11.5 Å². The Labute approximate surface area is 160 Å². The Morgan fingerprint density at radius 3 is 2.80 bits per heavy atom. The number of ether oxygens (including phenoxy) is 2. The maximum atomic E-state index is 12.1. The Bertz CT molecular complexity index is 778. The van der Waals surface area contributed by atoms with Gasteiger partial charge in [0.25, 0.3) is 5.91 Å². The van der Waals surface area contributed by atoms with Crippen LogP contribution < -0.4 is 20.6 Å². The first-order chi connectivity index (χ1) is 12.1. The van der Waals surface area contributed by atoms with E-state index in [-0.39, 0.29) is 5.91 Å². The van der Waals surface area contributed by atoms with E-state index in [9.17, 15) is 4.79 Å². The molecule has 0 saturated heterocycles. The van der Waals surface area contributed by atoms with Gasteiger partial charge in [-0.25, -0.2) is 5.43 Å². The monoisotopic (exact) mass is 453 g/mol. The van der Waals surface area contributed by atoms with Gasteiger partial charge in [0, 0.05) is 5.69 Å². The van der Waals surface area contributed by atoms with Crippen LogP contribution in [-0.2, 0) is 0 Å². The molecule has 1 amide bonds. The molecule has 25 heavy (non-hydrogen) atoms. The van der Waals surface area contributed by atoms with E-state index in [4.69, 9.17) is 15.2 Å². The van der Waals surface area contributed by atoms with E-state index in [2.05, 4.69) is 33.1 Å². The van der Waals surface area contributed by atoms with Crippen LogP contribution >= 0.6 is 22.6 Å². The van der Waals surface area contributed by atoms with Gasteiger partial charge in [-0.2, -0.15) is 5.10 Å². The first-order valence-corrected chi connectivity index (χ1v) is 8.83. The summed E-state index contributed by atoms with van der Waals surface area (Å²) < 4.78 is 12.0. The van der Waals surface area contributed by atoms with E-state index in [1.165, 1.54) is 0 Å². The van der Waals surface area contributed by atoms with Gasteiger partial charge in [0.05, 0.1) is 29.1 Å². The van der Waals surface area contributed by atoms with Crippen LogP contribution in [0.2, 0.25) is 0 Å². The van der Waals surface area contributed by atoms with Crippen LogP contribution in [0.5, 0.6) is 11.5 Å². The number of methoxy groups -OCH3 is 1. The molecule has 0 aliphatic heterocycles. The summed E-state index contributed by atoms with van der Waals surface area (Å²) in [7, 11) is 1.59. The molecule has 0 aromatic heterocycles. The number of carbonyl (C=O) groups excluding carboxylic acids is 1. The second-order valence-electron chi connectivity index (χ2n) is 5.17. The smallest absolute Gasteiger partial charge is 0.273 e. The molecule has 7 heteroatoms. The molecule has 2 rings (SSSR count). The number of nitrogens with zero attached hydrogens (tertiary/aromatic N) is 1. The van der Waals surface area contributed by atoms with Crippen molar-refractivity contribution in [3.63, 3.8) is 0 Å². The SMILES string of the molecule is CCCOc1c(I)cc(/C=N/NC(=O)c2ccccc2N)cc1OC. The molecule has 0 atom stereocenters. The highest BCUT2D eigenvalue weighted by Crippen LogP contribution is 2.33. The maximum absolute atomic E-state index is 12.1. The molecule has 6 nitrogen and oxygen atoms in total. The summed E-state index contributed by atoms with van der Waals surface area (Å²) in [6.45, 7) is 2.66. The van der Waals surface area contributed by atoms with Crippen LogP contribution in [0.1, 0.15) is 29.3 Å². The van der Waals surface area contributed by atoms with E-state index in [0.717, 1.165) is 15.6 Å². The Balaban J connectivity index is 2.12. The van der Waals surface area contributed by atoms with Crippen molar-refractivity contribution in [2.24, 2.45) is 5.10 Å². The predicted molar refractivity (Wildman–Crippen MR) is 107 cm³/mol. The summed E-state index contributed by atoms with van der Waals surface area (Å²) >= 11 is 2.18. The molecule has 0 radical (unpaired) electrons. The highest BCUT2D eigenvalue weighted by atomic mass is 127. The number of para-hydroxylation sites is 1. The Kier molecular flexibility index (Phi) is 7.05. The van der Waals surface area contributed by atoms with Gasteiger partial charge < -0.3 is 15.2 Å². The van der Waals surface area contributed by atoms with Gasteiger partial charge in [-0.1, -0.05) is 19.1 Å². The molecule has 0 bridgehead atoms. The lowest BCUT2D eigenvalue weighted by atomic mass is 10.2. The molecule has 2 aromatic rings. The number of hydrazone groups is 1. The second-order valence-corrected chi connectivity index (χ2v) is 6.33. The van der Waals surface area contributed by atoms with E-state index in [1.807, 2.05) is 13.0 Å². The molecule has 0 aliphatic carbocycles. The molecule has 0 spiro atoms. The van der Waals surface area contributed by atoms with Gasteiger partial charge in [-0.3, -0.25) is 4.79 Å². The molecule has 0 fully saturated rings. The Hall–Kier alpha value is -2.29. The molecular formula is C18H20IN3O3. The quantitative estimate of drug-likeness (QED) is 0.291. The van der Waals surface area contributed by atoms with Crippen LogP contribution in [0.3, 0.4) is 0 Å². The topological polar surface area (TPSA) is 85.9 Å². The lowest BCUT2D eigenvalue weighted by Crippen LogP contribution is -2.19. The van der Waals surface area contributed by atoms with Crippen molar-refractivity contribution >= 4 is 40.4 Å². The second kappa shape index (κ2) is 9.26. The van der Waals surface area contributed by atoms with Crippen molar-refractivity contribution in [2.75, 3.05) is 19.5 Å². The number of hydrogen-bond acceptors (Lipinski definition) is 5. The van der Waals surface area contributed by atoms with E-state index >= 15 is 0 Å². The number of hydrogen-bond donors (Lipinski definition) is 2. The zero-order valence-electron chi connectivity index (χ0n) is 14.1. The van der Waals surface area contributed by atoms with Crippen LogP contribution in [0.15, 0.2) is 41.5 Å². The highest BCUT2D eigenvalue weighted by molar-refractivity contribution is 14.1. The number of nitrogens with one attached hydrogen (secondary N) is 1. The number of nitrogen functional groups attached to an aromatic ring is 1. The zero-order chi connectivity index (χ0) is 18.2. The predicted octanol–water partition coefficient (Wildman–Crippen LogP) is 3.43. The van der Waals surface area contributed by atoms with Gasteiger partial charge in [0.2, 0.25) is 0 Å². The van der Waals surface area contributed by atoms with Crippen molar-refractivity contribution < 1.29 is 14.3 Å². The number of carbonyl (C=O) groups is 1. The van der Waals surface area contributed by atoms with E-state index in [0.29, 0.717) is 29.4 Å². The minimum Gasteiger partial charge on any atom is -0.493 e. The van der Waals surface area contributed by atoms with Gasteiger partial charge >= 0.3 is 0 Å². The summed E-state index contributed by atoms with van der Waals surface area (Å²) in [4.78, 5) is 12.1. The summed E-state index contributed by atoms with van der Waals surface area (Å²) in [5, 5.41) is 3.99. The van der Waals surface area contributed by atoms with Crippen molar-refractivity contribution in [2.45, 2.75) is 13.3 Å². The van der Waals surface area contributed by atoms with Crippen LogP contribution in [0.25, 0.3) is 0 Å². The Morgan fingerprint density at radius 2 is 2.12 bits per heavy atom. The fourth-order valence-corrected chi connectivity index (χ4v) is 2.87. The molecule has 2 aromatic carbocycles. The molecular weight excluding hydrogens is 433 g/mol. The lowest BCUT2D eigenvalue weighted by Gasteiger charge is -2.12. The van der Waals surface area contributed by atoms with Crippen molar-refractivity contribution in [3.05, 3.63) is 51.1 Å². The third-order valence-corrected chi connectivity index (χ3v) is 4.09. The van der Waals surface area contributed by atoms with Gasteiger partial charge in [-0.15, -0.1) is 0 Å². The van der Waals surface area contributed by atoms with Crippen molar-refractivity contribution in [3.8, 4) is 11.5 Å². The van der Waals surface area contributed by atoms with Crippen LogP contribution in [0.4, 0.5) is 5.69 Å². The van der Waals surface area contributed by atoms with Crippen molar-refractivity contribution in [1.29, 1.82) is 0 Å². The minimum absolute atomic E-state index is 0.362. The number of halogens is 1. The van der Waals surface area contributed by atoms with Crippen LogP contribution in [-0.4, -0.2) is 25.8 Å². The van der Waals surface area contributed by atoms with E-state index in [1.54, 1.807) is 43.7 Å². The van der Waals surface area contributed by atoms with Crippen molar-refractivity contribution in [1.82, 2.24) is 5.43 Å². The average Bonchev–Trinajstić information content (AvgIpc) is 2.60. The van der Waals surface area contributed by atoms with Gasteiger partial charge in [0.1, 0.15) is 0 Å². The Morgan fingerprint density at radius 1 is 1.36 bits per heavy atom. The molecule has 132 valence electrons. The van der Waals surface area contributed by atoms with E-state index < -0.39 is 0 Å². The molecule has 0 aliphatic rings. The third kappa shape index (κ3) is 5.09. The zero-order valence-corrected chi connectivity index (χ0v) is 16.2. The fraction of sp³-hybridized carbons (Fsp3) is 0.222. The standard InChI is InChI=1S/C18H20IN3O3/c1-3-8-25-17-14(19)9-12(10-16(17)24-2)11-21-22-18(23)13-6-4-5-7-15(13)20/h4-7,9-11H,3,8,20H2,1-2H3,(H,22,23)/b21-11+. The number of rotatable bonds is 7. The molecule has 0 unspecified atom stereocenters. The molecule has 0 saturated carbocycles. The molecule has 0 heterocycles. The fourth-order valence-electron chi connectivity index (χ4n) is 2.09. The summed E-state index contributed by atoms with van der Waals surface area (Å²) in [5.74, 6) is 0.975. The minimum atomic E-state index is -0.362. The third-order valence-electron chi connectivity index (χ3n) is 3.29. The maximum Gasteiger partial charge on any atom is 0.273 e. The number of amides is 1. The number of benzene rings is 2.